The van der Waals surface area contributed by atoms with Gasteiger partial charge in [-0.3, -0.25) is 19.3 Å². The molecule has 31 heavy (non-hydrogen) atoms. The van der Waals surface area contributed by atoms with Gasteiger partial charge in [0.25, 0.3) is 0 Å². The summed E-state index contributed by atoms with van der Waals surface area (Å²) in [5, 5.41) is 4.39. The van der Waals surface area contributed by atoms with Crippen LogP contribution in [0.4, 0.5) is 5.69 Å². The molecule has 6 nitrogen and oxygen atoms in total. The van der Waals surface area contributed by atoms with E-state index in [2.05, 4.69) is 17.3 Å². The summed E-state index contributed by atoms with van der Waals surface area (Å²) in [4.78, 5) is 45.5. The van der Waals surface area contributed by atoms with Crippen molar-refractivity contribution in [2.75, 3.05) is 4.90 Å². The number of rotatable bonds is 3. The Balaban J connectivity index is 1.32. The van der Waals surface area contributed by atoms with E-state index in [4.69, 9.17) is 4.84 Å². The maximum Gasteiger partial charge on any atom is 0.238 e. The number of hydrogen-bond acceptors (Lipinski definition) is 5. The van der Waals surface area contributed by atoms with Crippen molar-refractivity contribution in [1.82, 2.24) is 0 Å². The van der Waals surface area contributed by atoms with Crippen LogP contribution < -0.4 is 4.90 Å². The van der Waals surface area contributed by atoms with Crippen LogP contribution in [0.1, 0.15) is 34.8 Å². The molecule has 4 aliphatic rings. The highest BCUT2D eigenvalue weighted by Crippen LogP contribution is 2.62. The molecule has 2 amide bonds. The lowest BCUT2D eigenvalue weighted by atomic mass is 9.71. The summed E-state index contributed by atoms with van der Waals surface area (Å²) in [5.74, 6) is -0.901. The van der Waals surface area contributed by atoms with E-state index in [0.29, 0.717) is 11.3 Å². The molecule has 0 radical (unpaired) electrons. The first-order valence-electron chi connectivity index (χ1n) is 10.8. The smallest absolute Gasteiger partial charge is 0.238 e. The number of fused-ring (bicyclic) bond motifs is 8. The zero-order valence-corrected chi connectivity index (χ0v) is 17.3. The maximum absolute atomic E-state index is 13.4. The van der Waals surface area contributed by atoms with Crippen molar-refractivity contribution >= 4 is 29.0 Å². The lowest BCUT2D eigenvalue weighted by Crippen LogP contribution is -2.41. The van der Waals surface area contributed by atoms with Crippen LogP contribution in [0.15, 0.2) is 53.7 Å². The topological polar surface area (TPSA) is 76.0 Å². The van der Waals surface area contributed by atoms with Crippen LogP contribution in [0.25, 0.3) is 0 Å². The number of anilines is 1. The Morgan fingerprint density at radius 1 is 0.935 bits per heavy atom. The fourth-order valence-corrected chi connectivity index (χ4v) is 6.19. The summed E-state index contributed by atoms with van der Waals surface area (Å²) in [6, 6.07) is 14.9. The standard InChI is InChI=1S/C25H22N2O4/c1-12-3-5-15(6-4-12)22-21-17-11-18(23(21)31-26-22)20-19(17)24(29)27(25(20)30)16-9-7-14(8-10-16)13(2)28/h3-10,17-21,23H,11H2,1-2H3/t17-,18+,19-,20+,21+,23+/m1/s1. The molecule has 2 aliphatic carbocycles. The summed E-state index contributed by atoms with van der Waals surface area (Å²) < 4.78 is 0. The summed E-state index contributed by atoms with van der Waals surface area (Å²) in [6.07, 6.45) is 0.684. The monoisotopic (exact) mass is 414 g/mol. The number of amides is 2. The van der Waals surface area contributed by atoms with Gasteiger partial charge in [0, 0.05) is 17.4 Å². The van der Waals surface area contributed by atoms with E-state index in [9.17, 15) is 14.4 Å². The van der Waals surface area contributed by atoms with E-state index in [0.717, 1.165) is 17.7 Å². The molecule has 2 heterocycles. The van der Waals surface area contributed by atoms with E-state index in [1.54, 1.807) is 24.3 Å². The number of ketones is 1. The molecule has 2 aromatic carbocycles. The van der Waals surface area contributed by atoms with Gasteiger partial charge in [-0.2, -0.15) is 0 Å². The minimum Gasteiger partial charge on any atom is -0.391 e. The number of imide groups is 1. The first-order chi connectivity index (χ1) is 15.0. The largest absolute Gasteiger partial charge is 0.391 e. The van der Waals surface area contributed by atoms with Crippen molar-refractivity contribution in [2.24, 2.45) is 34.7 Å². The van der Waals surface area contributed by atoms with Gasteiger partial charge in [-0.25, -0.2) is 0 Å². The molecule has 3 fully saturated rings. The van der Waals surface area contributed by atoms with Gasteiger partial charge in [0.1, 0.15) is 6.10 Å². The molecule has 0 spiro atoms. The van der Waals surface area contributed by atoms with E-state index in [-0.39, 0.29) is 53.3 Å². The number of aryl methyl sites for hydroxylation is 1. The molecule has 0 N–H and O–H groups in total. The highest BCUT2D eigenvalue weighted by atomic mass is 16.6. The molecule has 6 heteroatoms. The number of carbonyl (C=O) groups excluding carboxylic acids is 3. The van der Waals surface area contributed by atoms with E-state index < -0.39 is 0 Å². The minimum absolute atomic E-state index is 0.00430. The quantitative estimate of drug-likeness (QED) is 0.570. The molecule has 2 saturated carbocycles. The average Bonchev–Trinajstić information content (AvgIpc) is 3.49. The second-order valence-electron chi connectivity index (χ2n) is 9.17. The van der Waals surface area contributed by atoms with Crippen molar-refractivity contribution in [3.05, 3.63) is 65.2 Å². The molecule has 6 rings (SSSR count). The fourth-order valence-electron chi connectivity index (χ4n) is 6.19. The van der Waals surface area contributed by atoms with Gasteiger partial charge in [-0.15, -0.1) is 0 Å². The van der Waals surface area contributed by atoms with E-state index in [1.807, 2.05) is 19.1 Å². The Morgan fingerprint density at radius 3 is 2.23 bits per heavy atom. The van der Waals surface area contributed by atoms with Crippen LogP contribution in [0, 0.1) is 36.5 Å². The molecular formula is C25H22N2O4. The molecular weight excluding hydrogens is 392 g/mol. The van der Waals surface area contributed by atoms with Gasteiger partial charge in [0.15, 0.2) is 5.78 Å². The molecule has 2 bridgehead atoms. The summed E-state index contributed by atoms with van der Waals surface area (Å²) in [6.45, 7) is 3.54. The first kappa shape index (κ1) is 18.5. The number of carbonyl (C=O) groups is 3. The Kier molecular flexibility index (Phi) is 3.79. The van der Waals surface area contributed by atoms with Crippen molar-refractivity contribution in [3.63, 3.8) is 0 Å². The Hall–Kier alpha value is -3.28. The first-order valence-corrected chi connectivity index (χ1v) is 10.8. The number of oxime groups is 1. The SMILES string of the molecule is CC(=O)c1ccc(N2C(=O)[C@@H]3[C@H]4C[C@H]([C@@H]5ON=C(c6ccc(C)cc6)[C@H]45)[C@@H]3C2=O)cc1. The van der Waals surface area contributed by atoms with Crippen LogP contribution >= 0.6 is 0 Å². The van der Waals surface area contributed by atoms with Gasteiger partial charge < -0.3 is 4.84 Å². The lowest BCUT2D eigenvalue weighted by molar-refractivity contribution is -0.125. The molecule has 1 saturated heterocycles. The second kappa shape index (κ2) is 6.36. The summed E-state index contributed by atoms with van der Waals surface area (Å²) in [7, 11) is 0. The van der Waals surface area contributed by atoms with Crippen LogP contribution in [-0.2, 0) is 14.4 Å². The molecule has 156 valence electrons. The molecule has 0 aromatic heterocycles. The normalized spacial score (nSPS) is 32.7. The van der Waals surface area contributed by atoms with Crippen LogP contribution in [0.3, 0.4) is 0 Å². The third-order valence-corrected chi connectivity index (χ3v) is 7.57. The molecule has 6 atom stereocenters. The van der Waals surface area contributed by atoms with Gasteiger partial charge in [0.05, 0.1) is 23.2 Å². The van der Waals surface area contributed by atoms with Crippen LogP contribution in [-0.4, -0.2) is 29.4 Å². The number of benzene rings is 2. The lowest BCUT2D eigenvalue weighted by Gasteiger charge is -2.29. The molecule has 0 unspecified atom stereocenters. The highest BCUT2D eigenvalue weighted by molar-refractivity contribution is 6.23. The zero-order chi connectivity index (χ0) is 21.4. The van der Waals surface area contributed by atoms with Gasteiger partial charge >= 0.3 is 0 Å². The minimum atomic E-state index is -0.348. The Morgan fingerprint density at radius 2 is 1.58 bits per heavy atom. The average molecular weight is 414 g/mol. The summed E-state index contributed by atoms with van der Waals surface area (Å²) in [5.41, 5.74) is 4.20. The summed E-state index contributed by atoms with van der Waals surface area (Å²) >= 11 is 0. The van der Waals surface area contributed by atoms with Gasteiger partial charge in [0.2, 0.25) is 11.8 Å². The predicted molar refractivity (Wildman–Crippen MR) is 114 cm³/mol. The highest BCUT2D eigenvalue weighted by Gasteiger charge is 2.70. The van der Waals surface area contributed by atoms with Gasteiger partial charge in [-0.05, 0) is 56.0 Å². The zero-order valence-electron chi connectivity index (χ0n) is 17.3. The third-order valence-electron chi connectivity index (χ3n) is 7.57. The third kappa shape index (κ3) is 2.44. The fraction of sp³-hybridized carbons (Fsp3) is 0.360. The molecule has 2 aliphatic heterocycles. The molecule has 2 aromatic rings. The Bertz CT molecular complexity index is 1150. The van der Waals surface area contributed by atoms with Crippen molar-refractivity contribution in [1.29, 1.82) is 0 Å². The Labute approximate surface area is 179 Å². The van der Waals surface area contributed by atoms with Gasteiger partial charge in [-0.1, -0.05) is 35.0 Å². The van der Waals surface area contributed by atoms with Crippen molar-refractivity contribution in [3.8, 4) is 0 Å². The van der Waals surface area contributed by atoms with Crippen LogP contribution in [0.2, 0.25) is 0 Å². The van der Waals surface area contributed by atoms with Crippen molar-refractivity contribution < 1.29 is 19.2 Å². The maximum atomic E-state index is 13.4. The van der Waals surface area contributed by atoms with Crippen LogP contribution in [0.5, 0.6) is 0 Å². The number of Topliss-reactive ketones (excluding diaryl/α,β-unsaturated/α-hetero) is 1. The number of nitrogens with zero attached hydrogens (tertiary/aromatic N) is 2. The number of hydrogen-bond donors (Lipinski definition) is 0. The van der Waals surface area contributed by atoms with E-state index >= 15 is 0 Å². The van der Waals surface area contributed by atoms with E-state index in [1.165, 1.54) is 17.4 Å². The predicted octanol–water partition coefficient (Wildman–Crippen LogP) is 3.37. The second-order valence-corrected chi connectivity index (χ2v) is 9.17. The van der Waals surface area contributed by atoms with Crippen molar-refractivity contribution in [2.45, 2.75) is 26.4 Å².